The third-order valence-electron chi connectivity index (χ3n) is 6.98. The minimum atomic E-state index is -4.36. The maximum absolute atomic E-state index is 14.4. The van der Waals surface area contributed by atoms with Crippen molar-refractivity contribution < 1.29 is 22.4 Å². The number of hydrogen-bond acceptors (Lipinski definition) is 4. The van der Waals surface area contributed by atoms with Crippen molar-refractivity contribution in [2.45, 2.75) is 37.2 Å². The number of carbonyl (C=O) groups is 2. The molecule has 0 unspecified atom stereocenters. The SMILES string of the molecule is CCCNC(=O)[C@H](Cc1ccccc1)N(Cc1ccc(Cl)cc1Cl)C(=O)CN(c1ccc(F)c(Cl)c1)S(=O)(=O)c1ccccc1. The molecule has 0 saturated heterocycles. The number of nitrogens with one attached hydrogen (secondary N) is 1. The van der Waals surface area contributed by atoms with Crippen LogP contribution in [-0.4, -0.2) is 44.3 Å². The summed E-state index contributed by atoms with van der Waals surface area (Å²) in [5.41, 5.74) is 1.25. The summed E-state index contributed by atoms with van der Waals surface area (Å²) in [6.07, 6.45) is 0.802. The van der Waals surface area contributed by atoms with E-state index in [1.807, 2.05) is 37.3 Å². The molecule has 0 saturated carbocycles. The van der Waals surface area contributed by atoms with Crippen molar-refractivity contribution in [2.75, 3.05) is 17.4 Å². The summed E-state index contributed by atoms with van der Waals surface area (Å²) in [5, 5.41) is 3.21. The maximum Gasteiger partial charge on any atom is 0.264 e. The molecule has 12 heteroatoms. The first kappa shape index (κ1) is 34.2. The van der Waals surface area contributed by atoms with Crippen LogP contribution < -0.4 is 9.62 Å². The molecule has 1 atom stereocenters. The van der Waals surface area contributed by atoms with Crippen LogP contribution in [0.5, 0.6) is 0 Å². The third kappa shape index (κ3) is 8.76. The lowest BCUT2D eigenvalue weighted by Crippen LogP contribution is -2.53. The van der Waals surface area contributed by atoms with Gasteiger partial charge in [-0.3, -0.25) is 13.9 Å². The Kier molecular flexibility index (Phi) is 11.9. The lowest BCUT2D eigenvalue weighted by atomic mass is 10.0. The fraction of sp³-hybridized carbons (Fsp3) is 0.212. The number of anilines is 1. The molecule has 1 N–H and O–H groups in total. The van der Waals surface area contributed by atoms with Gasteiger partial charge in [0.2, 0.25) is 11.8 Å². The van der Waals surface area contributed by atoms with Crippen LogP contribution in [0.2, 0.25) is 15.1 Å². The Balaban J connectivity index is 1.82. The molecule has 4 rings (SSSR count). The summed E-state index contributed by atoms with van der Waals surface area (Å²) in [6, 6.07) is 23.8. The Hall–Kier alpha value is -3.63. The zero-order chi connectivity index (χ0) is 32.6. The van der Waals surface area contributed by atoms with Crippen molar-refractivity contribution in [3.8, 4) is 0 Å². The molecule has 236 valence electrons. The molecule has 7 nitrogen and oxygen atoms in total. The topological polar surface area (TPSA) is 86.8 Å². The standard InChI is InChI=1S/C33H31Cl3FN3O4S/c1-2-17-38-33(42)31(18-23-9-5-3-6-10-23)39(21-24-13-14-25(34)19-28(24)35)32(41)22-40(26-15-16-30(37)29(36)20-26)45(43,44)27-11-7-4-8-12-27/h3-16,19-20,31H,2,17-18,21-22H2,1H3,(H,38,42)/t31-/m0/s1. The predicted molar refractivity (Wildman–Crippen MR) is 177 cm³/mol. The van der Waals surface area contributed by atoms with E-state index in [1.54, 1.807) is 30.3 Å². The average molecular weight is 691 g/mol. The molecule has 0 aromatic heterocycles. The quantitative estimate of drug-likeness (QED) is 0.162. The summed E-state index contributed by atoms with van der Waals surface area (Å²) in [7, 11) is -4.36. The van der Waals surface area contributed by atoms with Crippen LogP contribution in [0.3, 0.4) is 0 Å². The monoisotopic (exact) mass is 689 g/mol. The molecule has 2 amide bonds. The third-order valence-corrected chi connectivity index (χ3v) is 9.64. The van der Waals surface area contributed by atoms with Gasteiger partial charge in [0, 0.05) is 29.6 Å². The van der Waals surface area contributed by atoms with Gasteiger partial charge < -0.3 is 10.2 Å². The average Bonchev–Trinajstić information content (AvgIpc) is 3.03. The van der Waals surface area contributed by atoms with Gasteiger partial charge in [0.05, 0.1) is 15.6 Å². The molecule has 0 aliphatic carbocycles. The van der Waals surface area contributed by atoms with Crippen LogP contribution in [-0.2, 0) is 32.6 Å². The zero-order valence-corrected chi connectivity index (χ0v) is 27.4. The van der Waals surface area contributed by atoms with Crippen LogP contribution >= 0.6 is 34.8 Å². The van der Waals surface area contributed by atoms with E-state index in [0.29, 0.717) is 23.6 Å². The minimum Gasteiger partial charge on any atom is -0.354 e. The van der Waals surface area contributed by atoms with Crippen LogP contribution in [0.1, 0.15) is 24.5 Å². The number of sulfonamides is 1. The number of nitrogens with zero attached hydrogens (tertiary/aromatic N) is 2. The smallest absolute Gasteiger partial charge is 0.264 e. The van der Waals surface area contributed by atoms with Gasteiger partial charge in [0.25, 0.3) is 10.0 Å². The molecule has 4 aromatic rings. The summed E-state index contributed by atoms with van der Waals surface area (Å²) in [5.74, 6) is -1.87. The second-order valence-corrected chi connectivity index (χ2v) is 13.3. The van der Waals surface area contributed by atoms with Gasteiger partial charge >= 0.3 is 0 Å². The molecular weight excluding hydrogens is 660 g/mol. The summed E-state index contributed by atoms with van der Waals surface area (Å²) in [6.45, 7) is 1.42. The largest absolute Gasteiger partial charge is 0.354 e. The second kappa shape index (κ2) is 15.6. The Morgan fingerprint density at radius 1 is 0.867 bits per heavy atom. The Labute approximate surface area is 277 Å². The van der Waals surface area contributed by atoms with Crippen molar-refractivity contribution in [3.05, 3.63) is 129 Å². The van der Waals surface area contributed by atoms with Crippen molar-refractivity contribution in [1.82, 2.24) is 10.2 Å². The maximum atomic E-state index is 14.4. The van der Waals surface area contributed by atoms with Gasteiger partial charge in [-0.05, 0) is 60.0 Å². The molecule has 45 heavy (non-hydrogen) atoms. The number of hydrogen-bond donors (Lipinski definition) is 1. The normalized spacial score (nSPS) is 11.9. The van der Waals surface area contributed by atoms with E-state index in [4.69, 9.17) is 34.8 Å². The molecule has 0 radical (unpaired) electrons. The highest BCUT2D eigenvalue weighted by molar-refractivity contribution is 7.92. The van der Waals surface area contributed by atoms with E-state index in [1.165, 1.54) is 29.2 Å². The van der Waals surface area contributed by atoms with Crippen molar-refractivity contribution in [1.29, 1.82) is 0 Å². The fourth-order valence-electron chi connectivity index (χ4n) is 4.64. The minimum absolute atomic E-state index is 0.0295. The van der Waals surface area contributed by atoms with Crippen molar-refractivity contribution in [2.24, 2.45) is 0 Å². The zero-order valence-electron chi connectivity index (χ0n) is 24.3. The highest BCUT2D eigenvalue weighted by atomic mass is 35.5. The summed E-state index contributed by atoms with van der Waals surface area (Å²) < 4.78 is 43.0. The molecular formula is C33H31Cl3FN3O4S. The fourth-order valence-corrected chi connectivity index (χ4v) is 6.71. The first-order valence-electron chi connectivity index (χ1n) is 14.1. The number of rotatable bonds is 13. The van der Waals surface area contributed by atoms with E-state index in [2.05, 4.69) is 5.32 Å². The predicted octanol–water partition coefficient (Wildman–Crippen LogP) is 7.15. The molecule has 4 aromatic carbocycles. The molecule has 0 heterocycles. The lowest BCUT2D eigenvalue weighted by Gasteiger charge is -2.34. The number of carbonyl (C=O) groups excluding carboxylic acids is 2. The van der Waals surface area contributed by atoms with Crippen molar-refractivity contribution >= 4 is 62.3 Å². The Morgan fingerprint density at radius 3 is 2.16 bits per heavy atom. The lowest BCUT2D eigenvalue weighted by molar-refractivity contribution is -0.140. The first-order valence-corrected chi connectivity index (χ1v) is 16.7. The molecule has 0 fully saturated rings. The Bertz CT molecular complexity index is 1750. The summed E-state index contributed by atoms with van der Waals surface area (Å²) >= 11 is 18.7. The number of amides is 2. The van der Waals surface area contributed by atoms with Gasteiger partial charge in [0.15, 0.2) is 0 Å². The summed E-state index contributed by atoms with van der Waals surface area (Å²) in [4.78, 5) is 29.3. The van der Waals surface area contributed by atoms with E-state index >= 15 is 0 Å². The van der Waals surface area contributed by atoms with Gasteiger partial charge in [-0.25, -0.2) is 12.8 Å². The van der Waals surface area contributed by atoms with Gasteiger partial charge in [-0.2, -0.15) is 0 Å². The van der Waals surface area contributed by atoms with E-state index < -0.39 is 40.2 Å². The molecule has 0 aliphatic rings. The number of halogens is 4. The highest BCUT2D eigenvalue weighted by Gasteiger charge is 2.35. The first-order chi connectivity index (χ1) is 21.5. The second-order valence-electron chi connectivity index (χ2n) is 10.2. The van der Waals surface area contributed by atoms with Crippen LogP contribution in [0, 0.1) is 5.82 Å². The van der Waals surface area contributed by atoms with Crippen LogP contribution in [0.25, 0.3) is 0 Å². The number of benzene rings is 4. The van der Waals surface area contributed by atoms with E-state index in [0.717, 1.165) is 22.0 Å². The van der Waals surface area contributed by atoms with E-state index in [-0.39, 0.29) is 33.6 Å². The van der Waals surface area contributed by atoms with Gasteiger partial charge in [0.1, 0.15) is 18.4 Å². The van der Waals surface area contributed by atoms with Gasteiger partial charge in [-0.15, -0.1) is 0 Å². The molecule has 0 spiro atoms. The Morgan fingerprint density at radius 2 is 1.53 bits per heavy atom. The van der Waals surface area contributed by atoms with Crippen LogP contribution in [0.4, 0.5) is 10.1 Å². The van der Waals surface area contributed by atoms with Gasteiger partial charge in [-0.1, -0.05) is 96.3 Å². The van der Waals surface area contributed by atoms with E-state index in [9.17, 15) is 22.4 Å². The highest BCUT2D eigenvalue weighted by Crippen LogP contribution is 2.29. The molecule has 0 bridgehead atoms. The van der Waals surface area contributed by atoms with Crippen LogP contribution in [0.15, 0.2) is 102 Å². The molecule has 0 aliphatic heterocycles. The van der Waals surface area contributed by atoms with Crippen molar-refractivity contribution in [3.63, 3.8) is 0 Å².